The molecule has 4 rings (SSSR count). The van der Waals surface area contributed by atoms with E-state index in [0.29, 0.717) is 0 Å². The molecule has 0 amide bonds. The molecule has 13 heavy (non-hydrogen) atoms. The monoisotopic (exact) mass is 166 g/mol. The quantitative estimate of drug-likeness (QED) is 0.485. The molecule has 1 spiro atoms. The molecule has 0 atom stereocenters. The molecule has 0 aromatic rings. The number of quaternary nitrogens is 1. The Hall–Kier alpha value is -1.60. The van der Waals surface area contributed by atoms with E-state index >= 15 is 0 Å². The molecule has 0 radical (unpaired) electrons. The molecule has 4 aliphatic heterocycles. The minimum atomic E-state index is 0.889. The zero-order valence-electron chi connectivity index (χ0n) is 7.07. The van der Waals surface area contributed by atoms with Gasteiger partial charge in [0.25, 0.3) is 0 Å². The minimum absolute atomic E-state index is 0.889. The molecule has 0 aliphatic carbocycles. The first kappa shape index (κ1) is 5.95. The van der Waals surface area contributed by atoms with Crippen molar-refractivity contribution in [2.45, 2.75) is 0 Å². The lowest BCUT2D eigenvalue weighted by atomic mass is 10.3. The molecule has 1 nitrogen and oxygen atoms in total. The Morgan fingerprint density at radius 3 is 1.08 bits per heavy atom. The summed E-state index contributed by atoms with van der Waals surface area (Å²) >= 11 is 0. The summed E-state index contributed by atoms with van der Waals surface area (Å²) in [4.78, 5) is 0. The highest BCUT2D eigenvalue weighted by atomic mass is 15.4. The van der Waals surface area contributed by atoms with Gasteiger partial charge in [-0.1, -0.05) is 0 Å². The summed E-state index contributed by atoms with van der Waals surface area (Å²) in [7, 11) is 0. The van der Waals surface area contributed by atoms with Crippen LogP contribution < -0.4 is 0 Å². The van der Waals surface area contributed by atoms with E-state index in [-0.39, 0.29) is 0 Å². The van der Waals surface area contributed by atoms with Crippen LogP contribution >= 0.6 is 0 Å². The van der Waals surface area contributed by atoms with Crippen molar-refractivity contribution in [2.24, 2.45) is 0 Å². The molecular formula is C12H8N+. The fourth-order valence-electron chi connectivity index (χ4n) is 2.69. The van der Waals surface area contributed by atoms with Crippen molar-refractivity contribution in [3.63, 3.8) is 0 Å². The molecule has 0 saturated heterocycles. The highest BCUT2D eigenvalue weighted by Gasteiger charge is 2.52. The normalized spacial score (nSPS) is 28.3. The lowest BCUT2D eigenvalue weighted by Gasteiger charge is -2.27. The third-order valence-electron chi connectivity index (χ3n) is 3.25. The molecule has 0 unspecified atom stereocenters. The molecule has 4 heterocycles. The summed E-state index contributed by atoms with van der Waals surface area (Å²) in [6.07, 6.45) is 17.7. The molecule has 0 aromatic heterocycles. The van der Waals surface area contributed by atoms with Crippen molar-refractivity contribution in [3.05, 3.63) is 71.4 Å². The van der Waals surface area contributed by atoms with Crippen molar-refractivity contribution < 1.29 is 4.48 Å². The first-order valence-corrected chi connectivity index (χ1v) is 4.54. The minimum Gasteiger partial charge on any atom is -0.194 e. The van der Waals surface area contributed by atoms with E-state index < -0.39 is 0 Å². The molecule has 60 valence electrons. The van der Waals surface area contributed by atoms with Crippen LogP contribution in [-0.2, 0) is 0 Å². The topological polar surface area (TPSA) is 0 Å². The van der Waals surface area contributed by atoms with Crippen LogP contribution in [0, 0.1) is 0 Å². The zero-order chi connectivity index (χ0) is 8.47. The molecular weight excluding hydrogens is 158 g/mol. The Labute approximate surface area is 76.6 Å². The largest absolute Gasteiger partial charge is 0.194 e. The summed E-state index contributed by atoms with van der Waals surface area (Å²) in [5, 5.41) is 0. The van der Waals surface area contributed by atoms with Crippen LogP contribution in [0.2, 0.25) is 0 Å². The van der Waals surface area contributed by atoms with E-state index in [0.717, 1.165) is 4.48 Å². The molecule has 4 aliphatic rings. The number of allylic oxidation sites excluding steroid dienone is 8. The van der Waals surface area contributed by atoms with E-state index in [9.17, 15) is 0 Å². The molecule has 0 N–H and O–H groups in total. The molecule has 0 fully saturated rings. The molecule has 0 saturated carbocycles. The summed E-state index contributed by atoms with van der Waals surface area (Å²) in [6.45, 7) is 0. The van der Waals surface area contributed by atoms with Gasteiger partial charge in [-0.15, -0.1) is 0 Å². The van der Waals surface area contributed by atoms with E-state index in [4.69, 9.17) is 0 Å². The van der Waals surface area contributed by atoms with Crippen molar-refractivity contribution in [1.29, 1.82) is 0 Å². The maximum Gasteiger partial charge on any atom is 0.148 e. The van der Waals surface area contributed by atoms with Crippen LogP contribution in [0.1, 0.15) is 0 Å². The Bertz CT molecular complexity index is 412. The van der Waals surface area contributed by atoms with Crippen LogP contribution in [-0.4, -0.2) is 4.48 Å². The summed E-state index contributed by atoms with van der Waals surface area (Å²) in [6, 6.07) is 0. The van der Waals surface area contributed by atoms with Crippen molar-refractivity contribution in [2.75, 3.05) is 0 Å². The fraction of sp³-hybridized carbons (Fsp3) is 0. The fourth-order valence-corrected chi connectivity index (χ4v) is 2.69. The van der Waals surface area contributed by atoms with Gasteiger partial charge < -0.3 is 0 Å². The first-order chi connectivity index (χ1) is 6.42. The summed E-state index contributed by atoms with van der Waals surface area (Å²) in [5.74, 6) is 0. The van der Waals surface area contributed by atoms with Gasteiger partial charge in [-0.3, -0.25) is 0 Å². The lowest BCUT2D eigenvalue weighted by molar-refractivity contribution is -0.748. The van der Waals surface area contributed by atoms with Gasteiger partial charge in [0.05, 0.1) is 0 Å². The first-order valence-electron chi connectivity index (χ1n) is 4.54. The lowest BCUT2D eigenvalue weighted by Crippen LogP contribution is -2.32. The maximum atomic E-state index is 2.22. The van der Waals surface area contributed by atoms with Gasteiger partial charge >= 0.3 is 0 Å². The van der Waals surface area contributed by atoms with Gasteiger partial charge in [-0.05, 0) is 0 Å². The van der Waals surface area contributed by atoms with E-state index in [2.05, 4.69) is 48.6 Å². The maximum absolute atomic E-state index is 2.22. The third-order valence-corrected chi connectivity index (χ3v) is 3.25. The Balaban J connectivity index is 2.13. The van der Waals surface area contributed by atoms with Crippen LogP contribution in [0.4, 0.5) is 0 Å². The third kappa shape index (κ3) is 0.408. The Morgan fingerprint density at radius 2 is 0.846 bits per heavy atom. The highest BCUT2D eigenvalue weighted by Crippen LogP contribution is 2.53. The average Bonchev–Trinajstić information content (AvgIpc) is 2.92. The zero-order valence-corrected chi connectivity index (χ0v) is 7.07. The number of hydrogen-bond acceptors (Lipinski definition) is 0. The second-order valence-electron chi connectivity index (χ2n) is 3.70. The van der Waals surface area contributed by atoms with Crippen molar-refractivity contribution in [1.82, 2.24) is 0 Å². The van der Waals surface area contributed by atoms with Crippen LogP contribution in [0.3, 0.4) is 0 Å². The smallest absolute Gasteiger partial charge is 0.148 e. The summed E-state index contributed by atoms with van der Waals surface area (Å²) in [5.41, 5.74) is 5.54. The van der Waals surface area contributed by atoms with Gasteiger partial charge in [0, 0.05) is 48.6 Å². The van der Waals surface area contributed by atoms with Gasteiger partial charge in [0.1, 0.15) is 22.8 Å². The van der Waals surface area contributed by atoms with Crippen molar-refractivity contribution >= 4 is 0 Å². The molecule has 4 bridgehead atoms. The molecule has 0 aromatic carbocycles. The number of rotatable bonds is 0. The van der Waals surface area contributed by atoms with Crippen molar-refractivity contribution in [3.8, 4) is 0 Å². The van der Waals surface area contributed by atoms with Gasteiger partial charge in [0.2, 0.25) is 0 Å². The predicted octanol–water partition coefficient (Wildman–Crippen LogP) is 2.51. The van der Waals surface area contributed by atoms with E-state index in [1.54, 1.807) is 0 Å². The number of nitrogens with zero attached hydrogens (tertiary/aromatic N) is 1. The van der Waals surface area contributed by atoms with Gasteiger partial charge in [0.15, 0.2) is 0 Å². The van der Waals surface area contributed by atoms with Crippen LogP contribution in [0.5, 0.6) is 0 Å². The van der Waals surface area contributed by atoms with Crippen LogP contribution in [0.15, 0.2) is 71.4 Å². The Kier molecular flexibility index (Phi) is 0.706. The summed E-state index contributed by atoms with van der Waals surface area (Å²) < 4.78 is 0.889. The van der Waals surface area contributed by atoms with E-state index in [1.807, 2.05) is 0 Å². The van der Waals surface area contributed by atoms with Crippen LogP contribution in [0.25, 0.3) is 0 Å². The number of hydrogen-bond donors (Lipinski definition) is 0. The second-order valence-corrected chi connectivity index (χ2v) is 3.70. The predicted molar refractivity (Wildman–Crippen MR) is 50.9 cm³/mol. The van der Waals surface area contributed by atoms with Gasteiger partial charge in [-0.25, -0.2) is 0 Å². The molecule has 1 heteroatoms. The van der Waals surface area contributed by atoms with E-state index in [1.165, 1.54) is 22.8 Å². The SMILES string of the molecule is C1=CC2=CC=C1[N+]21C2=CC=C1C=C2. The van der Waals surface area contributed by atoms with Gasteiger partial charge in [-0.2, -0.15) is 4.48 Å². The highest BCUT2D eigenvalue weighted by molar-refractivity contribution is 5.54. The average molecular weight is 166 g/mol. The standard InChI is InChI=1S/C12H8N/c1-2-10-4-3-9(1)13(10)11-5-6-12(13)8-7-11/h1-8H/q+1. The second kappa shape index (κ2) is 1.54. The Morgan fingerprint density at radius 1 is 0.538 bits per heavy atom.